The Morgan fingerprint density at radius 3 is 2.35 bits per heavy atom. The summed E-state index contributed by atoms with van der Waals surface area (Å²) in [6, 6.07) is 18.9. The topological polar surface area (TPSA) is 116 Å². The number of aryl methyl sites for hydroxylation is 1. The number of hydrogen-bond donors (Lipinski definition) is 0. The summed E-state index contributed by atoms with van der Waals surface area (Å²) in [5.74, 6) is 0.643. The first-order valence-corrected chi connectivity index (χ1v) is 18.9. The number of pyridine rings is 1. The third-order valence-electron chi connectivity index (χ3n) is 10.7. The number of halogens is 1. The molecule has 2 aliphatic heterocycles. The van der Waals surface area contributed by atoms with Crippen LogP contribution in [0.2, 0.25) is 0 Å². The number of ether oxygens (including phenoxy) is 3. The quantitative estimate of drug-likeness (QED) is 0.167. The van der Waals surface area contributed by atoms with Crippen molar-refractivity contribution < 1.29 is 31.8 Å². The lowest BCUT2D eigenvalue weighted by Crippen LogP contribution is -2.65. The zero-order chi connectivity index (χ0) is 36.2. The zero-order valence-electron chi connectivity index (χ0n) is 29.3. The van der Waals surface area contributed by atoms with Crippen molar-refractivity contribution in [1.82, 2.24) is 24.0 Å². The van der Waals surface area contributed by atoms with E-state index in [1.807, 2.05) is 40.8 Å². The smallest absolute Gasteiger partial charge is 0.243 e. The summed E-state index contributed by atoms with van der Waals surface area (Å²) in [5.41, 5.74) is 3.22. The normalized spacial score (nSPS) is 18.9. The SMILES string of the molecule is COc1cccc(Oc2ccc(-c3nn(C4CCCN(C(=O)C5CC6(C5)CN(S(=O)(=O)c5ccc(C)cc5)C6)C4)c4c(OC)cncc34)cc2)c1F. The summed E-state index contributed by atoms with van der Waals surface area (Å²) < 4.78 is 61.2. The van der Waals surface area contributed by atoms with Gasteiger partial charge in [-0.1, -0.05) is 23.8 Å². The molecule has 1 unspecified atom stereocenters. The first-order valence-electron chi connectivity index (χ1n) is 17.5. The lowest BCUT2D eigenvalue weighted by molar-refractivity contribution is -0.151. The van der Waals surface area contributed by atoms with E-state index in [2.05, 4.69) is 4.98 Å². The average Bonchev–Trinajstić information content (AvgIpc) is 3.52. The molecule has 2 saturated heterocycles. The summed E-state index contributed by atoms with van der Waals surface area (Å²) in [6.07, 6.45) is 6.51. The van der Waals surface area contributed by atoms with E-state index in [9.17, 15) is 17.6 Å². The maximum atomic E-state index is 14.7. The molecule has 3 fully saturated rings. The Morgan fingerprint density at radius 2 is 1.63 bits per heavy atom. The number of sulfonamides is 1. The van der Waals surface area contributed by atoms with Crippen molar-refractivity contribution in [3.8, 4) is 34.3 Å². The van der Waals surface area contributed by atoms with Gasteiger partial charge in [-0.3, -0.25) is 14.5 Å². The highest BCUT2D eigenvalue weighted by Crippen LogP contribution is 2.54. The second-order valence-corrected chi connectivity index (χ2v) is 16.1. The second kappa shape index (κ2) is 13.2. The summed E-state index contributed by atoms with van der Waals surface area (Å²) in [7, 11) is -0.522. The Labute approximate surface area is 302 Å². The van der Waals surface area contributed by atoms with Gasteiger partial charge in [0.1, 0.15) is 17.0 Å². The van der Waals surface area contributed by atoms with Crippen molar-refractivity contribution in [2.75, 3.05) is 40.4 Å². The minimum Gasteiger partial charge on any atom is -0.494 e. The van der Waals surface area contributed by atoms with E-state index in [-0.39, 0.29) is 34.8 Å². The van der Waals surface area contributed by atoms with E-state index in [1.54, 1.807) is 60.2 Å². The predicted molar refractivity (Wildman–Crippen MR) is 192 cm³/mol. The van der Waals surface area contributed by atoms with Crippen molar-refractivity contribution in [2.24, 2.45) is 11.3 Å². The van der Waals surface area contributed by atoms with Crippen LogP contribution in [-0.2, 0) is 14.8 Å². The number of carbonyl (C=O) groups excluding carboxylic acids is 1. The van der Waals surface area contributed by atoms with Crippen LogP contribution in [0.15, 0.2) is 84.0 Å². The number of hydrogen-bond acceptors (Lipinski definition) is 8. The number of benzene rings is 3. The van der Waals surface area contributed by atoms with Crippen LogP contribution in [0.25, 0.3) is 22.2 Å². The Morgan fingerprint density at radius 1 is 0.923 bits per heavy atom. The van der Waals surface area contributed by atoms with Crippen LogP contribution in [0.3, 0.4) is 0 Å². The largest absolute Gasteiger partial charge is 0.494 e. The highest BCUT2D eigenvalue weighted by molar-refractivity contribution is 7.89. The third kappa shape index (κ3) is 5.95. The van der Waals surface area contributed by atoms with Crippen LogP contribution in [0.5, 0.6) is 23.0 Å². The molecule has 13 heteroatoms. The minimum atomic E-state index is -3.53. The molecule has 1 atom stereocenters. The van der Waals surface area contributed by atoms with Crippen molar-refractivity contribution in [1.29, 1.82) is 0 Å². The van der Waals surface area contributed by atoms with Gasteiger partial charge in [0.25, 0.3) is 0 Å². The van der Waals surface area contributed by atoms with E-state index in [0.717, 1.165) is 34.9 Å². The fraction of sp³-hybridized carbons (Fsp3) is 0.359. The van der Waals surface area contributed by atoms with E-state index >= 15 is 0 Å². The monoisotopic (exact) mass is 725 g/mol. The number of likely N-dealkylation sites (tertiary alicyclic amines) is 1. The molecule has 0 radical (unpaired) electrons. The van der Waals surface area contributed by atoms with Gasteiger partial charge in [0, 0.05) is 43.9 Å². The number of nitrogens with zero attached hydrogens (tertiary/aromatic N) is 5. The maximum absolute atomic E-state index is 14.7. The van der Waals surface area contributed by atoms with E-state index in [4.69, 9.17) is 19.3 Å². The Balaban J connectivity index is 0.969. The van der Waals surface area contributed by atoms with Gasteiger partial charge >= 0.3 is 0 Å². The van der Waals surface area contributed by atoms with Crippen LogP contribution >= 0.6 is 0 Å². The summed E-state index contributed by atoms with van der Waals surface area (Å²) in [5, 5.41) is 5.91. The molecule has 8 rings (SSSR count). The van der Waals surface area contributed by atoms with Crippen LogP contribution in [0.4, 0.5) is 4.39 Å². The number of carbonyl (C=O) groups is 1. The molecule has 1 amide bonds. The molecule has 3 aromatic carbocycles. The zero-order valence-corrected chi connectivity index (χ0v) is 30.1. The second-order valence-electron chi connectivity index (χ2n) is 14.2. The van der Waals surface area contributed by atoms with Gasteiger partial charge in [-0.25, -0.2) is 8.42 Å². The van der Waals surface area contributed by atoms with Crippen molar-refractivity contribution >= 4 is 26.8 Å². The number of piperidine rings is 1. The van der Waals surface area contributed by atoms with Crippen molar-refractivity contribution in [2.45, 2.75) is 43.5 Å². The maximum Gasteiger partial charge on any atom is 0.243 e. The Hall–Kier alpha value is -5.01. The van der Waals surface area contributed by atoms with Crippen LogP contribution in [-0.4, -0.2) is 78.7 Å². The molecule has 5 aromatic rings. The van der Waals surface area contributed by atoms with Crippen molar-refractivity contribution in [3.05, 3.63) is 90.5 Å². The molecule has 0 N–H and O–H groups in total. The molecule has 3 aliphatic rings. The number of methoxy groups -OCH3 is 2. The predicted octanol–water partition coefficient (Wildman–Crippen LogP) is 6.62. The average molecular weight is 726 g/mol. The molecule has 1 saturated carbocycles. The highest BCUT2D eigenvalue weighted by atomic mass is 32.2. The number of amides is 1. The fourth-order valence-electron chi connectivity index (χ4n) is 7.98. The van der Waals surface area contributed by atoms with Gasteiger partial charge < -0.3 is 19.1 Å². The van der Waals surface area contributed by atoms with Crippen molar-refractivity contribution in [3.63, 3.8) is 0 Å². The lowest BCUT2D eigenvalue weighted by atomic mass is 9.58. The van der Waals surface area contributed by atoms with E-state index in [0.29, 0.717) is 61.1 Å². The van der Waals surface area contributed by atoms with Gasteiger partial charge in [0.2, 0.25) is 21.7 Å². The lowest BCUT2D eigenvalue weighted by Gasteiger charge is -2.58. The molecule has 11 nitrogen and oxygen atoms in total. The van der Waals surface area contributed by atoms with E-state index < -0.39 is 15.8 Å². The first kappa shape index (κ1) is 34.1. The molecular formula is C39H40FN5O6S. The fourth-order valence-corrected chi connectivity index (χ4v) is 9.65. The van der Waals surface area contributed by atoms with Gasteiger partial charge in [0.05, 0.1) is 36.7 Å². The number of aromatic nitrogens is 3. The molecule has 4 heterocycles. The highest BCUT2D eigenvalue weighted by Gasteiger charge is 2.57. The first-order chi connectivity index (χ1) is 25.1. The Bertz CT molecular complexity index is 2250. The molecule has 2 aromatic heterocycles. The van der Waals surface area contributed by atoms with Gasteiger partial charge in [-0.05, 0) is 86.6 Å². The molecule has 1 spiro atoms. The molecular weight excluding hydrogens is 686 g/mol. The molecule has 270 valence electrons. The molecule has 1 aliphatic carbocycles. The van der Waals surface area contributed by atoms with E-state index in [1.165, 1.54) is 13.2 Å². The van der Waals surface area contributed by atoms with Crippen LogP contribution in [0.1, 0.15) is 37.3 Å². The summed E-state index contributed by atoms with van der Waals surface area (Å²) >= 11 is 0. The van der Waals surface area contributed by atoms with Gasteiger partial charge in [-0.2, -0.15) is 13.8 Å². The van der Waals surface area contributed by atoms with Crippen LogP contribution < -0.4 is 14.2 Å². The molecule has 52 heavy (non-hydrogen) atoms. The Kier molecular flexibility index (Phi) is 8.65. The number of fused-ring (bicyclic) bond motifs is 1. The summed E-state index contributed by atoms with van der Waals surface area (Å²) in [6.45, 7) is 4.03. The minimum absolute atomic E-state index is 0.0601. The standard InChI is InChI=1S/C39H40FN5O6S/c1-25-9-15-30(16-10-25)52(47,48)44-23-39(24-44)18-27(19-39)38(46)43-17-5-6-28(22-43)45-37-31(20-41-21-34(37)50-3)36(42-45)26-11-13-29(14-12-26)51-33-8-4-7-32(49-2)35(33)40/h4,7-16,20-21,27-28H,5-6,17-19,22-24H2,1-3H3. The van der Waals surface area contributed by atoms with Gasteiger partial charge in [0.15, 0.2) is 17.2 Å². The number of rotatable bonds is 9. The van der Waals surface area contributed by atoms with Gasteiger partial charge in [-0.15, -0.1) is 0 Å². The molecule has 0 bridgehead atoms. The third-order valence-corrected chi connectivity index (χ3v) is 12.5. The van der Waals surface area contributed by atoms with Crippen LogP contribution in [0, 0.1) is 24.1 Å². The summed E-state index contributed by atoms with van der Waals surface area (Å²) in [4.78, 5) is 20.5.